The Bertz CT molecular complexity index is 3360. The first kappa shape index (κ1) is 59.7. The first-order valence-corrected chi connectivity index (χ1v) is 28.5. The monoisotopic (exact) mass is 1130 g/mol. The fourth-order valence-electron chi connectivity index (χ4n) is 11.8. The number of phenolic OH excluding ortho intramolecular Hbond substituents is 1. The van der Waals surface area contributed by atoms with Gasteiger partial charge in [-0.05, 0) is 37.0 Å². The number of aliphatic hydroxyl groups is 2. The number of nitrogens with zero attached hydrogens (tertiary/aromatic N) is 4. The lowest BCUT2D eigenvalue weighted by molar-refractivity contribution is -0.160. The van der Waals surface area contributed by atoms with Crippen molar-refractivity contribution in [1.82, 2.24) is 14.8 Å². The van der Waals surface area contributed by atoms with Crippen LogP contribution in [0.1, 0.15) is 89.4 Å². The largest absolute Gasteiger partial charge is 0.505 e. The molecule has 2 saturated heterocycles. The number of carbonyl (C=O) groups excluding carboxylic acids is 3. The van der Waals surface area contributed by atoms with Crippen molar-refractivity contribution >= 4 is 62.0 Å². The van der Waals surface area contributed by atoms with Gasteiger partial charge in [0.25, 0.3) is 11.7 Å². The molecule has 5 heterocycles. The van der Waals surface area contributed by atoms with Gasteiger partial charge < -0.3 is 58.4 Å². The van der Waals surface area contributed by atoms with Gasteiger partial charge in [0, 0.05) is 131 Å². The molecular weight excluding hydrogens is 1050 g/mol. The van der Waals surface area contributed by atoms with E-state index in [4.69, 9.17) is 37.8 Å². The lowest BCUT2D eigenvalue weighted by Crippen LogP contribution is -2.47. The number of aromatic nitrogens is 1. The van der Waals surface area contributed by atoms with Crippen LogP contribution in [-0.4, -0.2) is 144 Å². The maximum Gasteiger partial charge on any atom is 0.312 e. The molecule has 82 heavy (non-hydrogen) atoms. The van der Waals surface area contributed by atoms with Gasteiger partial charge in [-0.25, -0.2) is 4.98 Å². The van der Waals surface area contributed by atoms with Gasteiger partial charge in [0.05, 0.1) is 48.7 Å². The molecule has 19 nitrogen and oxygen atoms in total. The Labute approximate surface area is 478 Å². The minimum atomic E-state index is -2.10. The molecule has 4 aliphatic heterocycles. The Morgan fingerprint density at radius 1 is 0.878 bits per heavy atom. The maximum absolute atomic E-state index is 15.2. The predicted molar refractivity (Wildman–Crippen MR) is 312 cm³/mol. The van der Waals surface area contributed by atoms with Gasteiger partial charge in [0.2, 0.25) is 0 Å². The van der Waals surface area contributed by atoms with E-state index in [1.165, 1.54) is 46.3 Å². The number of hydrogen-bond donors (Lipinski definition) is 4. The highest BCUT2D eigenvalue weighted by Gasteiger charge is 2.50. The number of aromatic hydroxyl groups is 1. The molecule has 4 aromatic carbocycles. The number of rotatable bonds is 10. The topological polar surface area (TPSA) is 232 Å². The molecule has 2 fully saturated rings. The fourth-order valence-corrected chi connectivity index (χ4v) is 11.8. The van der Waals surface area contributed by atoms with E-state index in [1.54, 1.807) is 46.8 Å². The fraction of sp³-hybridized carbons (Fsp3) is 0.508. The molecule has 4 N–H and O–H groups in total. The number of amides is 1. The molecule has 0 radical (unpaired) electrons. The van der Waals surface area contributed by atoms with Crippen LogP contribution < -0.4 is 25.1 Å². The average molecular weight is 1130 g/mol. The van der Waals surface area contributed by atoms with Gasteiger partial charge in [-0.2, -0.15) is 0 Å². The number of carbonyl (C=O) groups is 3. The molecule has 0 aliphatic carbocycles. The van der Waals surface area contributed by atoms with Crippen molar-refractivity contribution in [2.24, 2.45) is 29.6 Å². The third-order valence-corrected chi connectivity index (χ3v) is 16.7. The minimum Gasteiger partial charge on any atom is -0.505 e. The highest BCUT2D eigenvalue weighted by atomic mass is 16.7. The van der Waals surface area contributed by atoms with Crippen LogP contribution in [0.5, 0.6) is 17.2 Å². The third kappa shape index (κ3) is 12.3. The van der Waals surface area contributed by atoms with Crippen molar-refractivity contribution in [1.29, 1.82) is 0 Å². The van der Waals surface area contributed by atoms with Gasteiger partial charge in [-0.3, -0.25) is 29.0 Å². The van der Waals surface area contributed by atoms with Gasteiger partial charge in [0.1, 0.15) is 35.2 Å². The molecule has 9 atom stereocenters. The number of benzene rings is 4. The summed E-state index contributed by atoms with van der Waals surface area (Å²) in [4.78, 5) is 69.4. The second-order valence-corrected chi connectivity index (χ2v) is 23.2. The smallest absolute Gasteiger partial charge is 0.312 e. The van der Waals surface area contributed by atoms with Crippen LogP contribution in [0.25, 0.3) is 33.0 Å². The normalized spacial score (nSPS) is 27.8. The van der Waals surface area contributed by atoms with E-state index >= 15 is 4.79 Å². The first-order valence-electron chi connectivity index (χ1n) is 28.5. The number of methoxy groups -OCH3 is 1. The lowest BCUT2D eigenvalue weighted by atomic mass is 9.78. The van der Waals surface area contributed by atoms with Crippen molar-refractivity contribution < 1.29 is 62.5 Å². The molecule has 4 aliphatic rings. The summed E-state index contributed by atoms with van der Waals surface area (Å²) < 4.78 is 43.5. The molecule has 440 valence electrons. The quantitative estimate of drug-likeness (QED) is 0.0447. The number of esters is 1. The summed E-state index contributed by atoms with van der Waals surface area (Å²) in [6.07, 6.45) is 3.62. The van der Waals surface area contributed by atoms with Crippen molar-refractivity contribution in [2.45, 2.75) is 113 Å². The van der Waals surface area contributed by atoms with Gasteiger partial charge in [-0.15, -0.1) is 0 Å². The Hall–Kier alpha value is -6.87. The summed E-state index contributed by atoms with van der Waals surface area (Å²) >= 11 is 0. The molecular formula is C63H79N5O14. The molecule has 5 aromatic rings. The van der Waals surface area contributed by atoms with E-state index in [2.05, 4.69) is 46.0 Å². The number of Topliss-reactive ketones (excluding diaryl/α,β-unsaturated/α-hetero) is 1. The summed E-state index contributed by atoms with van der Waals surface area (Å²) in [5.41, 5.74) is 2.18. The van der Waals surface area contributed by atoms with E-state index in [9.17, 15) is 29.7 Å². The van der Waals surface area contributed by atoms with Crippen molar-refractivity contribution in [3.8, 4) is 17.2 Å². The van der Waals surface area contributed by atoms with Crippen LogP contribution in [0.3, 0.4) is 0 Å². The highest BCUT2D eigenvalue weighted by molar-refractivity contribution is 6.26. The Morgan fingerprint density at radius 3 is 2.24 bits per heavy atom. The number of hydrogen-bond acceptors (Lipinski definition) is 18. The summed E-state index contributed by atoms with van der Waals surface area (Å²) in [5.74, 6) is -6.59. The molecule has 0 unspecified atom stereocenters. The number of allylic oxidation sites excluding steroid dienone is 2. The maximum atomic E-state index is 15.2. The van der Waals surface area contributed by atoms with E-state index in [-0.39, 0.29) is 67.7 Å². The van der Waals surface area contributed by atoms with Crippen LogP contribution in [-0.2, 0) is 41.7 Å². The number of ketones is 1. The standard InChI is InChI=1S/C63H79N5O14/c1-34(2)31-66-20-22-68(23-21-66)44-29-46(78-33-43-17-15-42(16-18-43)32-67-24-27-77-28-25-67)51-47(30-44)81-60-52(64-51)48-49-56(72)40(8)59-50(48)61(74)63(10,82-59)79-26-19-45(76-11)37(5)58(80-41(9)69)39(7)55(71)38(6)54(70)35(3)13-12-14-36(4)62(75)65-53(60)57(49)73/h12-19,26,29-30,34-35,37-39,45,54-55,58,70-71,73H,20-25,27-28,31-33H2,1-11H3,(H,65,75)/b13-12+,26-19+,36-14-/t35-,37+,38+,39+,45-,54-,55+,58+,63-/m0/s1. The molecule has 0 spiro atoms. The van der Waals surface area contributed by atoms with Crippen LogP contribution >= 0.6 is 0 Å². The van der Waals surface area contributed by atoms with E-state index < -0.39 is 82.7 Å². The van der Waals surface area contributed by atoms with Crippen molar-refractivity contribution in [3.05, 3.63) is 105 Å². The number of piperazine rings is 1. The Morgan fingerprint density at radius 2 is 1.57 bits per heavy atom. The zero-order valence-electron chi connectivity index (χ0n) is 48.9. The number of fused-ring (bicyclic) bond motifs is 2. The van der Waals surface area contributed by atoms with E-state index in [1.807, 2.05) is 24.3 Å². The second-order valence-electron chi connectivity index (χ2n) is 23.2. The number of anilines is 2. The zero-order chi connectivity index (χ0) is 58.9. The van der Waals surface area contributed by atoms with Gasteiger partial charge >= 0.3 is 11.8 Å². The predicted octanol–water partition coefficient (Wildman–Crippen LogP) is 8.19. The number of aliphatic hydroxyl groups excluding tert-OH is 2. The Kier molecular flexibility index (Phi) is 18.2. The molecule has 1 amide bonds. The van der Waals surface area contributed by atoms with Crippen LogP contribution in [0.2, 0.25) is 0 Å². The zero-order valence-corrected chi connectivity index (χ0v) is 48.9. The van der Waals surface area contributed by atoms with Crippen molar-refractivity contribution in [2.75, 3.05) is 76.4 Å². The second kappa shape index (κ2) is 24.9. The first-order chi connectivity index (χ1) is 39.1. The van der Waals surface area contributed by atoms with Crippen LogP contribution in [0.15, 0.2) is 81.7 Å². The molecule has 4 bridgehead atoms. The van der Waals surface area contributed by atoms with Crippen molar-refractivity contribution in [3.63, 3.8) is 0 Å². The number of nitrogens with one attached hydrogen (secondary N) is 1. The summed E-state index contributed by atoms with van der Waals surface area (Å²) in [6.45, 7) is 25.2. The number of ether oxygens (including phenoxy) is 6. The minimum absolute atomic E-state index is 0.0210. The average Bonchev–Trinajstić information content (AvgIpc) is 3.94. The van der Waals surface area contributed by atoms with E-state index in [0.717, 1.165) is 56.1 Å². The molecule has 19 heteroatoms. The number of phenols is 1. The van der Waals surface area contributed by atoms with Gasteiger partial charge in [0.15, 0.2) is 28.1 Å². The summed E-state index contributed by atoms with van der Waals surface area (Å²) in [7, 11) is 1.45. The lowest BCUT2D eigenvalue weighted by Gasteiger charge is -2.38. The summed E-state index contributed by atoms with van der Waals surface area (Å²) in [6, 6.07) is 12.0. The van der Waals surface area contributed by atoms with Crippen LogP contribution in [0.4, 0.5) is 11.4 Å². The third-order valence-electron chi connectivity index (χ3n) is 16.7. The number of morpholine rings is 1. The van der Waals surface area contributed by atoms with E-state index in [0.29, 0.717) is 38.0 Å². The molecule has 9 rings (SSSR count). The summed E-state index contributed by atoms with van der Waals surface area (Å²) in [5, 5.41) is 38.3. The Balaban J connectivity index is 1.22. The van der Waals surface area contributed by atoms with Crippen LogP contribution in [0, 0.1) is 36.5 Å². The molecule has 0 saturated carbocycles. The molecule has 1 aromatic heterocycles. The SMILES string of the molecule is CO[C@H]1/C=C/O[C@@]2(C)Oc3c(C)c(=O)c4c(O)c(c5oc6cc(N7CCN(CC(C)C)CC7)cc(OCc7ccc(CN8CCOCC8)cc7)c6nc5c4c3C2=O)NC(=O)/C(C)=C\C=C\[C@H](C)[C@H](O)[C@@H](C)[C@@H](O)[C@@H](C)[C@H](OC(C)=O)[C@@H]1C. The van der Waals surface area contributed by atoms with Gasteiger partial charge in [-0.1, -0.05) is 84.0 Å². The highest BCUT2D eigenvalue weighted by Crippen LogP contribution is 2.49.